The number of nitrogens with zero attached hydrogens (tertiary/aromatic N) is 4. The van der Waals surface area contributed by atoms with E-state index >= 15 is 0 Å². The Balaban J connectivity index is 1.77. The predicted octanol–water partition coefficient (Wildman–Crippen LogP) is 3.94. The van der Waals surface area contributed by atoms with Gasteiger partial charge in [-0.1, -0.05) is 0 Å². The van der Waals surface area contributed by atoms with Crippen LogP contribution >= 0.6 is 11.8 Å². The number of rotatable bonds is 10. The SMILES string of the molecule is CCN(CCN(C)C)C1=CC2=C([C+]=C1)Nc1ccc(N(CC)CCN(C)C)cc1S2. The van der Waals surface area contributed by atoms with Crippen molar-refractivity contribution >= 4 is 23.1 Å². The molecule has 30 heavy (non-hydrogen) atoms. The van der Waals surface area contributed by atoms with Crippen molar-refractivity contribution in [2.24, 2.45) is 0 Å². The number of allylic oxidation sites excluding steroid dienone is 3. The van der Waals surface area contributed by atoms with E-state index in [4.69, 9.17) is 0 Å². The molecule has 3 rings (SSSR count). The largest absolute Gasteiger partial charge is 0.370 e. The van der Waals surface area contributed by atoms with Gasteiger partial charge in [0.15, 0.2) is 10.6 Å². The minimum Gasteiger partial charge on any atom is -0.370 e. The van der Waals surface area contributed by atoms with Gasteiger partial charge in [0.1, 0.15) is 6.08 Å². The first-order valence-corrected chi connectivity index (χ1v) is 11.7. The first kappa shape index (κ1) is 22.7. The molecule has 1 N–H and O–H groups in total. The molecule has 2 aliphatic rings. The summed E-state index contributed by atoms with van der Waals surface area (Å²) in [5.74, 6) is 0. The van der Waals surface area contributed by atoms with Crippen LogP contribution in [0.25, 0.3) is 0 Å². The lowest BCUT2D eigenvalue weighted by molar-refractivity contribution is 0.304. The van der Waals surface area contributed by atoms with Crippen LogP contribution in [0.15, 0.2) is 51.5 Å². The van der Waals surface area contributed by atoms with E-state index in [2.05, 4.69) is 103 Å². The van der Waals surface area contributed by atoms with Crippen LogP contribution in [0.3, 0.4) is 0 Å². The van der Waals surface area contributed by atoms with E-state index < -0.39 is 0 Å². The third kappa shape index (κ3) is 5.58. The van der Waals surface area contributed by atoms with E-state index in [1.54, 1.807) is 0 Å². The Morgan fingerprint density at radius 3 is 2.20 bits per heavy atom. The first-order chi connectivity index (χ1) is 14.4. The van der Waals surface area contributed by atoms with Crippen LogP contribution in [0.2, 0.25) is 0 Å². The highest BCUT2D eigenvalue weighted by Crippen LogP contribution is 2.43. The number of thioether (sulfide) groups is 1. The van der Waals surface area contributed by atoms with Crippen LogP contribution in [0.5, 0.6) is 0 Å². The highest BCUT2D eigenvalue weighted by molar-refractivity contribution is 8.03. The van der Waals surface area contributed by atoms with Gasteiger partial charge in [0.25, 0.3) is 0 Å². The minimum absolute atomic E-state index is 0.997. The van der Waals surface area contributed by atoms with Gasteiger partial charge in [0.2, 0.25) is 5.70 Å². The highest BCUT2D eigenvalue weighted by atomic mass is 32.2. The van der Waals surface area contributed by atoms with Crippen molar-refractivity contribution in [3.8, 4) is 0 Å². The molecule has 162 valence electrons. The van der Waals surface area contributed by atoms with Crippen molar-refractivity contribution in [1.82, 2.24) is 14.7 Å². The third-order valence-corrected chi connectivity index (χ3v) is 6.56. The van der Waals surface area contributed by atoms with Crippen LogP contribution in [0.1, 0.15) is 13.8 Å². The van der Waals surface area contributed by atoms with Crippen molar-refractivity contribution in [2.75, 3.05) is 77.7 Å². The van der Waals surface area contributed by atoms with E-state index in [1.165, 1.54) is 26.9 Å². The van der Waals surface area contributed by atoms with Crippen LogP contribution in [-0.2, 0) is 0 Å². The second-order valence-electron chi connectivity index (χ2n) is 8.27. The zero-order valence-corrected chi connectivity index (χ0v) is 20.1. The lowest BCUT2D eigenvalue weighted by Crippen LogP contribution is -2.31. The Kier molecular flexibility index (Phi) is 7.84. The maximum atomic E-state index is 3.58. The molecule has 0 unspecified atom stereocenters. The van der Waals surface area contributed by atoms with E-state index in [0.717, 1.165) is 45.0 Å². The number of hydrogen-bond acceptors (Lipinski definition) is 6. The molecule has 0 saturated carbocycles. The maximum absolute atomic E-state index is 3.58. The summed E-state index contributed by atoms with van der Waals surface area (Å²) in [7, 11) is 8.51. The zero-order valence-electron chi connectivity index (χ0n) is 19.3. The van der Waals surface area contributed by atoms with Crippen LogP contribution in [0, 0.1) is 6.08 Å². The molecule has 1 heterocycles. The van der Waals surface area contributed by atoms with Crippen molar-refractivity contribution in [3.63, 3.8) is 0 Å². The highest BCUT2D eigenvalue weighted by Gasteiger charge is 2.28. The van der Waals surface area contributed by atoms with Gasteiger partial charge in [-0.2, -0.15) is 0 Å². The second-order valence-corrected chi connectivity index (χ2v) is 9.35. The molecule has 0 bridgehead atoms. The summed E-state index contributed by atoms with van der Waals surface area (Å²) >= 11 is 1.85. The summed E-state index contributed by atoms with van der Waals surface area (Å²) in [6, 6.07) is 6.76. The Bertz CT molecular complexity index is 825. The molecule has 0 fully saturated rings. The molecule has 1 aliphatic heterocycles. The fourth-order valence-corrected chi connectivity index (χ4v) is 4.59. The fraction of sp³-hybridized carbons (Fsp3) is 0.500. The molecule has 1 aromatic rings. The molecule has 0 saturated heterocycles. The van der Waals surface area contributed by atoms with E-state index in [0.29, 0.717) is 0 Å². The van der Waals surface area contributed by atoms with Gasteiger partial charge in [-0.05, 0) is 72.0 Å². The first-order valence-electron chi connectivity index (χ1n) is 10.8. The Morgan fingerprint density at radius 1 is 0.900 bits per heavy atom. The minimum atomic E-state index is 0.997. The molecule has 0 spiro atoms. The van der Waals surface area contributed by atoms with Crippen LogP contribution in [0.4, 0.5) is 11.4 Å². The second kappa shape index (κ2) is 10.4. The molecule has 1 aromatic carbocycles. The average Bonchev–Trinajstić information content (AvgIpc) is 2.72. The van der Waals surface area contributed by atoms with E-state index in [-0.39, 0.29) is 0 Å². The van der Waals surface area contributed by atoms with E-state index in [1.807, 2.05) is 11.8 Å². The Hall–Kier alpha value is -1.98. The van der Waals surface area contributed by atoms with Crippen molar-refractivity contribution in [2.45, 2.75) is 18.7 Å². The van der Waals surface area contributed by atoms with Gasteiger partial charge in [-0.15, -0.1) is 0 Å². The molecule has 1 aliphatic carbocycles. The third-order valence-electron chi connectivity index (χ3n) is 5.46. The molecule has 0 radical (unpaired) electrons. The lowest BCUT2D eigenvalue weighted by Gasteiger charge is -2.27. The lowest BCUT2D eigenvalue weighted by atomic mass is 10.1. The van der Waals surface area contributed by atoms with Gasteiger partial charge in [0.05, 0.1) is 22.7 Å². The summed E-state index contributed by atoms with van der Waals surface area (Å²) < 4.78 is 0. The summed E-state index contributed by atoms with van der Waals surface area (Å²) in [6.07, 6.45) is 7.90. The van der Waals surface area contributed by atoms with Gasteiger partial charge < -0.3 is 24.9 Å². The zero-order chi connectivity index (χ0) is 21.7. The number of benzene rings is 1. The summed E-state index contributed by atoms with van der Waals surface area (Å²) in [5.41, 5.74) is 4.78. The predicted molar refractivity (Wildman–Crippen MR) is 131 cm³/mol. The van der Waals surface area contributed by atoms with Gasteiger partial charge in [-0.25, -0.2) is 0 Å². The standard InChI is InChI=1S/C24H36N5S/c1-7-28(15-13-26(3)4)19-9-11-21-23(17-19)30-24-18-20(10-12-22(24)25-21)29(8-2)16-14-27(5)6/h9-11,17-18,25H,7-8,13-16H2,1-6H3/q+1. The number of nitrogens with one attached hydrogen (secondary N) is 1. The van der Waals surface area contributed by atoms with Crippen molar-refractivity contribution in [3.05, 3.63) is 52.7 Å². The van der Waals surface area contributed by atoms with Crippen molar-refractivity contribution < 1.29 is 0 Å². The Morgan fingerprint density at radius 2 is 1.57 bits per heavy atom. The number of likely N-dealkylation sites (N-methyl/N-ethyl adjacent to an activating group) is 4. The molecule has 0 atom stereocenters. The van der Waals surface area contributed by atoms with Gasteiger partial charge >= 0.3 is 0 Å². The summed E-state index contributed by atoms with van der Waals surface area (Å²) in [6.45, 7) is 10.6. The molecular weight excluding hydrogens is 390 g/mol. The molecular formula is C24H36N5S+. The fourth-order valence-electron chi connectivity index (χ4n) is 3.56. The number of anilines is 2. The quantitative estimate of drug-likeness (QED) is 0.569. The van der Waals surface area contributed by atoms with Crippen molar-refractivity contribution in [1.29, 1.82) is 0 Å². The summed E-state index contributed by atoms with van der Waals surface area (Å²) in [5, 5.41) is 3.58. The Labute approximate surface area is 187 Å². The smallest absolute Gasteiger partial charge is 0.222 e. The normalized spacial score (nSPS) is 14.9. The molecule has 6 heteroatoms. The van der Waals surface area contributed by atoms with E-state index in [9.17, 15) is 0 Å². The maximum Gasteiger partial charge on any atom is 0.222 e. The number of fused-ring (bicyclic) bond motifs is 1. The van der Waals surface area contributed by atoms with Crippen LogP contribution < -0.4 is 10.2 Å². The summed E-state index contributed by atoms with van der Waals surface area (Å²) in [4.78, 5) is 11.9. The average molecular weight is 427 g/mol. The number of hydrogen-bond donors (Lipinski definition) is 1. The molecule has 5 nitrogen and oxygen atoms in total. The molecule has 0 aromatic heterocycles. The monoisotopic (exact) mass is 426 g/mol. The van der Waals surface area contributed by atoms with Gasteiger partial charge in [0, 0.05) is 45.0 Å². The molecule has 0 amide bonds. The van der Waals surface area contributed by atoms with Gasteiger partial charge in [-0.3, -0.25) is 0 Å². The van der Waals surface area contributed by atoms with Crippen LogP contribution in [-0.4, -0.2) is 82.2 Å². The topological polar surface area (TPSA) is 25.0 Å².